The van der Waals surface area contributed by atoms with Gasteiger partial charge in [-0.2, -0.15) is 4.39 Å². The maximum absolute atomic E-state index is 13.0. The van der Waals surface area contributed by atoms with Crippen LogP contribution in [0.2, 0.25) is 0 Å². The average molecular weight is 208 g/mol. The lowest BCUT2D eigenvalue weighted by molar-refractivity contribution is 0.579. The highest BCUT2D eigenvalue weighted by Gasteiger charge is 2.04. The van der Waals surface area contributed by atoms with Crippen LogP contribution in [0.25, 0.3) is 0 Å². The van der Waals surface area contributed by atoms with Gasteiger partial charge in [-0.05, 0) is 0 Å². The van der Waals surface area contributed by atoms with Crippen molar-refractivity contribution in [3.8, 4) is 0 Å². The molecule has 6 nitrogen and oxygen atoms in total. The number of hydrogen-bond donors (Lipinski definition) is 1. The van der Waals surface area contributed by atoms with Gasteiger partial charge < -0.3 is 5.32 Å². The number of aromatic nitrogens is 5. The van der Waals surface area contributed by atoms with Crippen LogP contribution in [0.5, 0.6) is 0 Å². The molecule has 0 aliphatic heterocycles. The van der Waals surface area contributed by atoms with E-state index in [-0.39, 0.29) is 5.82 Å². The van der Waals surface area contributed by atoms with Crippen molar-refractivity contribution >= 4 is 5.82 Å². The SMILES string of the molecule is Cn1nncc1CNc1nccnc1F. The molecule has 7 heteroatoms. The van der Waals surface area contributed by atoms with Crippen LogP contribution < -0.4 is 5.32 Å². The zero-order chi connectivity index (χ0) is 10.7. The standard InChI is InChI=1S/C8H9FN6/c1-15-6(5-13-14-15)4-12-8-7(9)10-2-3-11-8/h2-3,5H,4H2,1H3,(H,11,12). The largest absolute Gasteiger partial charge is 0.361 e. The molecule has 0 amide bonds. The molecule has 0 aliphatic rings. The highest BCUT2D eigenvalue weighted by Crippen LogP contribution is 2.06. The van der Waals surface area contributed by atoms with Gasteiger partial charge in [0.15, 0.2) is 5.82 Å². The minimum Gasteiger partial charge on any atom is -0.361 e. The second-order valence-electron chi connectivity index (χ2n) is 2.90. The third-order valence-electron chi connectivity index (χ3n) is 1.90. The topological polar surface area (TPSA) is 68.5 Å². The molecular formula is C8H9FN6. The Morgan fingerprint density at radius 1 is 1.40 bits per heavy atom. The summed E-state index contributed by atoms with van der Waals surface area (Å²) >= 11 is 0. The van der Waals surface area contributed by atoms with Crippen molar-refractivity contribution in [2.45, 2.75) is 6.54 Å². The van der Waals surface area contributed by atoms with Crippen LogP contribution >= 0.6 is 0 Å². The summed E-state index contributed by atoms with van der Waals surface area (Å²) in [5, 5.41) is 10.3. The normalized spacial score (nSPS) is 10.3. The first kappa shape index (κ1) is 9.50. The van der Waals surface area contributed by atoms with Gasteiger partial charge in [0.2, 0.25) is 0 Å². The number of anilines is 1. The van der Waals surface area contributed by atoms with Gasteiger partial charge in [0, 0.05) is 19.4 Å². The Kier molecular flexibility index (Phi) is 2.53. The first-order valence-corrected chi connectivity index (χ1v) is 4.31. The lowest BCUT2D eigenvalue weighted by Gasteiger charge is -2.04. The second-order valence-corrected chi connectivity index (χ2v) is 2.90. The number of aryl methyl sites for hydroxylation is 1. The number of hydrogen-bond acceptors (Lipinski definition) is 5. The molecule has 0 saturated carbocycles. The van der Waals surface area contributed by atoms with Crippen molar-refractivity contribution in [3.05, 3.63) is 30.2 Å². The van der Waals surface area contributed by atoms with Gasteiger partial charge in [0.05, 0.1) is 18.4 Å². The first-order valence-electron chi connectivity index (χ1n) is 4.31. The molecule has 0 aliphatic carbocycles. The third kappa shape index (κ3) is 2.06. The quantitative estimate of drug-likeness (QED) is 0.788. The Bertz CT molecular complexity index is 454. The highest BCUT2D eigenvalue weighted by molar-refractivity contribution is 5.32. The molecule has 2 aromatic rings. The van der Waals surface area contributed by atoms with Gasteiger partial charge in [-0.1, -0.05) is 5.21 Å². The minimum absolute atomic E-state index is 0.124. The van der Waals surface area contributed by atoms with Crippen molar-refractivity contribution in [1.82, 2.24) is 25.0 Å². The first-order chi connectivity index (χ1) is 7.27. The lowest BCUT2D eigenvalue weighted by Crippen LogP contribution is -2.08. The van der Waals surface area contributed by atoms with E-state index in [0.717, 1.165) is 5.69 Å². The predicted molar refractivity (Wildman–Crippen MR) is 50.3 cm³/mol. The fraction of sp³-hybridized carbons (Fsp3) is 0.250. The number of nitrogens with zero attached hydrogens (tertiary/aromatic N) is 5. The molecule has 0 unspecified atom stereocenters. The second kappa shape index (κ2) is 3.99. The molecule has 0 spiro atoms. The van der Waals surface area contributed by atoms with Crippen molar-refractivity contribution in [1.29, 1.82) is 0 Å². The molecule has 0 atom stereocenters. The lowest BCUT2D eigenvalue weighted by atomic mass is 10.4. The zero-order valence-electron chi connectivity index (χ0n) is 8.05. The fourth-order valence-corrected chi connectivity index (χ4v) is 1.08. The number of halogens is 1. The van der Waals surface area contributed by atoms with Gasteiger partial charge >= 0.3 is 0 Å². The third-order valence-corrected chi connectivity index (χ3v) is 1.90. The zero-order valence-corrected chi connectivity index (χ0v) is 8.05. The summed E-state index contributed by atoms with van der Waals surface area (Å²) < 4.78 is 14.6. The van der Waals surface area contributed by atoms with E-state index in [4.69, 9.17) is 0 Å². The molecule has 78 valence electrons. The average Bonchev–Trinajstić information content (AvgIpc) is 2.63. The van der Waals surface area contributed by atoms with E-state index < -0.39 is 5.95 Å². The van der Waals surface area contributed by atoms with E-state index in [0.29, 0.717) is 6.54 Å². The van der Waals surface area contributed by atoms with Crippen molar-refractivity contribution in [3.63, 3.8) is 0 Å². The summed E-state index contributed by atoms with van der Waals surface area (Å²) in [5.74, 6) is -0.494. The summed E-state index contributed by atoms with van der Waals surface area (Å²) in [7, 11) is 1.76. The van der Waals surface area contributed by atoms with Crippen LogP contribution in [0, 0.1) is 5.95 Å². The van der Waals surface area contributed by atoms with Gasteiger partial charge in [-0.25, -0.2) is 9.97 Å². The summed E-state index contributed by atoms with van der Waals surface area (Å²) in [5.41, 5.74) is 0.833. The van der Waals surface area contributed by atoms with E-state index in [2.05, 4.69) is 25.6 Å². The summed E-state index contributed by atoms with van der Waals surface area (Å²) in [6.07, 6.45) is 4.32. The van der Waals surface area contributed by atoms with Crippen LogP contribution in [-0.4, -0.2) is 25.0 Å². The van der Waals surface area contributed by atoms with Gasteiger partial charge in [0.1, 0.15) is 0 Å². The molecule has 2 rings (SSSR count). The summed E-state index contributed by atoms with van der Waals surface area (Å²) in [4.78, 5) is 7.28. The molecule has 15 heavy (non-hydrogen) atoms. The molecule has 0 radical (unpaired) electrons. The molecule has 2 heterocycles. The van der Waals surface area contributed by atoms with E-state index in [1.54, 1.807) is 17.9 Å². The summed E-state index contributed by atoms with van der Waals surface area (Å²) in [6.45, 7) is 0.402. The monoisotopic (exact) mass is 208 g/mol. The summed E-state index contributed by atoms with van der Waals surface area (Å²) in [6, 6.07) is 0. The Morgan fingerprint density at radius 3 is 2.87 bits per heavy atom. The van der Waals surface area contributed by atoms with Crippen LogP contribution in [0.15, 0.2) is 18.6 Å². The molecular weight excluding hydrogens is 199 g/mol. The number of nitrogens with one attached hydrogen (secondary N) is 1. The van der Waals surface area contributed by atoms with Gasteiger partial charge in [-0.3, -0.25) is 4.68 Å². The predicted octanol–water partition coefficient (Wildman–Crippen LogP) is 0.356. The molecule has 0 fully saturated rings. The van der Waals surface area contributed by atoms with Gasteiger partial charge in [0.25, 0.3) is 5.95 Å². The van der Waals surface area contributed by atoms with Crippen LogP contribution in [0.3, 0.4) is 0 Å². The molecule has 0 bridgehead atoms. The molecule has 1 N–H and O–H groups in total. The highest BCUT2D eigenvalue weighted by atomic mass is 19.1. The van der Waals surface area contributed by atoms with Crippen LogP contribution in [-0.2, 0) is 13.6 Å². The maximum Gasteiger partial charge on any atom is 0.255 e. The van der Waals surface area contributed by atoms with Gasteiger partial charge in [-0.15, -0.1) is 5.10 Å². The van der Waals surface area contributed by atoms with Crippen LogP contribution in [0.4, 0.5) is 10.2 Å². The Morgan fingerprint density at radius 2 is 2.20 bits per heavy atom. The Labute approximate surface area is 85.2 Å². The van der Waals surface area contributed by atoms with Crippen LogP contribution in [0.1, 0.15) is 5.69 Å². The molecule has 0 aromatic carbocycles. The van der Waals surface area contributed by atoms with E-state index in [1.807, 2.05) is 0 Å². The smallest absolute Gasteiger partial charge is 0.255 e. The minimum atomic E-state index is -0.618. The van der Waals surface area contributed by atoms with E-state index >= 15 is 0 Å². The van der Waals surface area contributed by atoms with E-state index in [1.165, 1.54) is 12.4 Å². The Hall–Kier alpha value is -2.05. The van der Waals surface area contributed by atoms with Crippen molar-refractivity contribution in [2.24, 2.45) is 7.05 Å². The fourth-order valence-electron chi connectivity index (χ4n) is 1.08. The maximum atomic E-state index is 13.0. The van der Waals surface area contributed by atoms with Crippen molar-refractivity contribution in [2.75, 3.05) is 5.32 Å². The Balaban J connectivity index is 2.06. The molecule has 0 saturated heterocycles. The van der Waals surface area contributed by atoms with Crippen molar-refractivity contribution < 1.29 is 4.39 Å². The molecule has 2 aromatic heterocycles. The number of rotatable bonds is 3. The van der Waals surface area contributed by atoms with E-state index in [9.17, 15) is 4.39 Å².